The predicted molar refractivity (Wildman–Crippen MR) is 71.1 cm³/mol. The third kappa shape index (κ3) is 2.82. The molecular formula is C15H14F2N2O. The van der Waals surface area contributed by atoms with Crippen molar-refractivity contribution in [1.82, 2.24) is 9.88 Å². The lowest BCUT2D eigenvalue weighted by molar-refractivity contribution is 0.0742. The van der Waals surface area contributed by atoms with E-state index < -0.39 is 11.6 Å². The highest BCUT2D eigenvalue weighted by atomic mass is 19.2. The Hall–Kier alpha value is -2.30. The second-order valence-electron chi connectivity index (χ2n) is 4.50. The first-order valence-electron chi connectivity index (χ1n) is 6.13. The number of pyridine rings is 1. The van der Waals surface area contributed by atoms with Gasteiger partial charge in [-0.05, 0) is 36.8 Å². The molecule has 0 fully saturated rings. The van der Waals surface area contributed by atoms with Crippen molar-refractivity contribution in [2.24, 2.45) is 0 Å². The highest BCUT2D eigenvalue weighted by Crippen LogP contribution is 2.22. The van der Waals surface area contributed by atoms with Crippen LogP contribution >= 0.6 is 0 Å². The van der Waals surface area contributed by atoms with Crippen LogP contribution in [0.1, 0.15) is 28.9 Å². The van der Waals surface area contributed by atoms with E-state index in [2.05, 4.69) is 4.98 Å². The van der Waals surface area contributed by atoms with Crippen molar-refractivity contribution in [2.45, 2.75) is 13.0 Å². The number of benzene rings is 1. The third-order valence-corrected chi connectivity index (χ3v) is 3.25. The molecular weight excluding hydrogens is 262 g/mol. The van der Waals surface area contributed by atoms with Crippen LogP contribution in [0.3, 0.4) is 0 Å². The van der Waals surface area contributed by atoms with Gasteiger partial charge in [0.1, 0.15) is 0 Å². The quantitative estimate of drug-likeness (QED) is 0.862. The van der Waals surface area contributed by atoms with Crippen molar-refractivity contribution in [3.63, 3.8) is 0 Å². The van der Waals surface area contributed by atoms with Crippen molar-refractivity contribution >= 4 is 5.91 Å². The number of carbonyl (C=O) groups is 1. The van der Waals surface area contributed by atoms with E-state index in [-0.39, 0.29) is 11.9 Å². The molecule has 1 aromatic heterocycles. The number of hydrogen-bond acceptors (Lipinski definition) is 2. The van der Waals surface area contributed by atoms with Crippen LogP contribution in [0.25, 0.3) is 0 Å². The summed E-state index contributed by atoms with van der Waals surface area (Å²) in [6.07, 6.45) is 3.06. The molecule has 1 aromatic carbocycles. The highest BCUT2D eigenvalue weighted by Gasteiger charge is 2.19. The van der Waals surface area contributed by atoms with Gasteiger partial charge < -0.3 is 4.90 Å². The number of nitrogens with zero attached hydrogens (tertiary/aromatic N) is 2. The molecule has 2 aromatic rings. The molecule has 1 amide bonds. The molecule has 104 valence electrons. The Balaban J connectivity index is 2.22. The molecule has 0 bridgehead atoms. The summed E-state index contributed by atoms with van der Waals surface area (Å²) in [5.74, 6) is -2.02. The van der Waals surface area contributed by atoms with E-state index in [4.69, 9.17) is 0 Å². The molecule has 0 radical (unpaired) electrons. The smallest absolute Gasteiger partial charge is 0.254 e. The highest BCUT2D eigenvalue weighted by molar-refractivity contribution is 5.94. The van der Waals surface area contributed by atoms with E-state index >= 15 is 0 Å². The molecule has 0 aliphatic carbocycles. The molecule has 0 spiro atoms. The average molecular weight is 276 g/mol. The predicted octanol–water partition coefficient (Wildman–Crippen LogP) is 3.19. The molecule has 0 saturated heterocycles. The number of rotatable bonds is 3. The van der Waals surface area contributed by atoms with Gasteiger partial charge in [-0.3, -0.25) is 9.78 Å². The second kappa shape index (κ2) is 5.77. The van der Waals surface area contributed by atoms with Crippen molar-refractivity contribution in [1.29, 1.82) is 0 Å². The van der Waals surface area contributed by atoms with Gasteiger partial charge in [-0.25, -0.2) is 8.78 Å². The molecule has 1 atom stereocenters. The van der Waals surface area contributed by atoms with Crippen LogP contribution in [0, 0.1) is 11.6 Å². The van der Waals surface area contributed by atoms with E-state index in [9.17, 15) is 13.6 Å². The molecule has 5 heteroatoms. The van der Waals surface area contributed by atoms with Gasteiger partial charge in [0, 0.05) is 25.0 Å². The molecule has 1 unspecified atom stereocenters. The van der Waals surface area contributed by atoms with E-state index in [1.54, 1.807) is 26.1 Å². The van der Waals surface area contributed by atoms with Gasteiger partial charge in [0.15, 0.2) is 11.6 Å². The number of aromatic nitrogens is 1. The second-order valence-corrected chi connectivity index (χ2v) is 4.50. The molecule has 0 aliphatic rings. The summed E-state index contributed by atoms with van der Waals surface area (Å²) in [5.41, 5.74) is 1.03. The minimum absolute atomic E-state index is 0.204. The van der Waals surface area contributed by atoms with Gasteiger partial charge in [0.2, 0.25) is 0 Å². The first-order valence-corrected chi connectivity index (χ1v) is 6.13. The molecule has 0 saturated carbocycles. The van der Waals surface area contributed by atoms with Crippen LogP contribution in [0.4, 0.5) is 8.78 Å². The summed E-state index contributed by atoms with van der Waals surface area (Å²) in [7, 11) is 1.62. The number of carbonyl (C=O) groups excluding carboxylic acids is 1. The van der Waals surface area contributed by atoms with Crippen LogP contribution < -0.4 is 0 Å². The number of halogens is 2. The Morgan fingerprint density at radius 2 is 1.80 bits per heavy atom. The average Bonchev–Trinajstić information content (AvgIpc) is 2.48. The van der Waals surface area contributed by atoms with Crippen molar-refractivity contribution in [2.75, 3.05) is 7.05 Å². The molecule has 0 N–H and O–H groups in total. The molecule has 20 heavy (non-hydrogen) atoms. The lowest BCUT2D eigenvalue weighted by Crippen LogP contribution is -2.29. The van der Waals surface area contributed by atoms with Crippen LogP contribution in [0.2, 0.25) is 0 Å². The van der Waals surface area contributed by atoms with E-state index in [1.165, 1.54) is 23.4 Å². The Labute approximate surface area is 115 Å². The monoisotopic (exact) mass is 276 g/mol. The van der Waals surface area contributed by atoms with Crippen LogP contribution in [-0.2, 0) is 0 Å². The van der Waals surface area contributed by atoms with Gasteiger partial charge in [-0.1, -0.05) is 6.07 Å². The maximum Gasteiger partial charge on any atom is 0.254 e. The van der Waals surface area contributed by atoms with E-state index in [1.807, 2.05) is 0 Å². The van der Waals surface area contributed by atoms with Gasteiger partial charge in [-0.15, -0.1) is 0 Å². The maximum absolute atomic E-state index is 13.2. The lowest BCUT2D eigenvalue weighted by Gasteiger charge is -2.25. The number of amides is 1. The molecule has 0 aliphatic heterocycles. The normalized spacial score (nSPS) is 12.0. The Morgan fingerprint density at radius 3 is 2.40 bits per heavy atom. The standard InChI is InChI=1S/C15H14F2N2O/c1-10(12-3-4-13(16)14(17)9-12)19(2)15(20)11-5-7-18-8-6-11/h3-10H,1-2H3. The minimum Gasteiger partial charge on any atom is -0.335 e. The van der Waals surface area contributed by atoms with Gasteiger partial charge in [0.05, 0.1) is 6.04 Å². The number of hydrogen-bond donors (Lipinski definition) is 0. The molecule has 3 nitrogen and oxygen atoms in total. The fraction of sp³-hybridized carbons (Fsp3) is 0.200. The van der Waals surface area contributed by atoms with Crippen molar-refractivity contribution in [3.8, 4) is 0 Å². The summed E-state index contributed by atoms with van der Waals surface area (Å²) >= 11 is 0. The maximum atomic E-state index is 13.2. The van der Waals surface area contributed by atoms with Crippen LogP contribution in [-0.4, -0.2) is 22.8 Å². The molecule has 2 rings (SSSR count). The fourth-order valence-corrected chi connectivity index (χ4v) is 1.87. The SMILES string of the molecule is CC(c1ccc(F)c(F)c1)N(C)C(=O)c1ccncc1. The van der Waals surface area contributed by atoms with Crippen molar-refractivity contribution in [3.05, 3.63) is 65.5 Å². The Morgan fingerprint density at radius 1 is 1.15 bits per heavy atom. The largest absolute Gasteiger partial charge is 0.335 e. The Bertz CT molecular complexity index is 617. The first kappa shape index (κ1) is 14.1. The zero-order valence-electron chi connectivity index (χ0n) is 11.2. The molecule has 1 heterocycles. The Kier molecular flexibility index (Phi) is 4.08. The van der Waals surface area contributed by atoms with Crippen molar-refractivity contribution < 1.29 is 13.6 Å². The van der Waals surface area contributed by atoms with Gasteiger partial charge in [0.25, 0.3) is 5.91 Å². The first-order chi connectivity index (χ1) is 9.50. The zero-order valence-corrected chi connectivity index (χ0v) is 11.2. The lowest BCUT2D eigenvalue weighted by atomic mass is 10.1. The topological polar surface area (TPSA) is 33.2 Å². The summed E-state index contributed by atoms with van der Waals surface area (Å²) in [6, 6.07) is 6.49. The summed E-state index contributed by atoms with van der Waals surface area (Å²) in [6.45, 7) is 1.76. The summed E-state index contributed by atoms with van der Waals surface area (Å²) in [4.78, 5) is 17.6. The van der Waals surface area contributed by atoms with Crippen LogP contribution in [0.5, 0.6) is 0 Å². The third-order valence-electron chi connectivity index (χ3n) is 3.25. The van der Waals surface area contributed by atoms with E-state index in [0.717, 1.165) is 12.1 Å². The minimum atomic E-state index is -0.917. The van der Waals surface area contributed by atoms with E-state index in [0.29, 0.717) is 11.1 Å². The summed E-state index contributed by atoms with van der Waals surface area (Å²) in [5, 5.41) is 0. The van der Waals surface area contributed by atoms with Gasteiger partial charge >= 0.3 is 0 Å². The zero-order chi connectivity index (χ0) is 14.7. The van der Waals surface area contributed by atoms with Crippen LogP contribution in [0.15, 0.2) is 42.7 Å². The fourth-order valence-electron chi connectivity index (χ4n) is 1.87. The van der Waals surface area contributed by atoms with Gasteiger partial charge in [-0.2, -0.15) is 0 Å². The summed E-state index contributed by atoms with van der Waals surface area (Å²) < 4.78 is 26.2.